The molecule has 0 aliphatic carbocycles. The smallest absolute Gasteiger partial charge is 0.311 e. The molecule has 0 radical (unpaired) electrons. The Bertz CT molecular complexity index is 709. The van der Waals surface area contributed by atoms with E-state index in [1.54, 1.807) is 22.7 Å². The Balaban J connectivity index is 1.74. The van der Waals surface area contributed by atoms with Gasteiger partial charge in [-0.3, -0.25) is 14.3 Å². The molecule has 1 aliphatic rings. The largest absolute Gasteiger partial charge is 0.481 e. The minimum Gasteiger partial charge on any atom is -0.481 e. The molecule has 1 aromatic heterocycles. The van der Waals surface area contributed by atoms with E-state index < -0.39 is 11.4 Å². The van der Waals surface area contributed by atoms with E-state index in [0.717, 1.165) is 10.9 Å². The molecule has 2 heterocycles. The molecule has 0 bridgehead atoms. The zero-order valence-electron chi connectivity index (χ0n) is 11.8. The molecule has 0 saturated carbocycles. The minimum absolute atomic E-state index is 0.0890. The third-order valence-corrected chi connectivity index (χ3v) is 4.18. The van der Waals surface area contributed by atoms with E-state index in [2.05, 4.69) is 5.10 Å². The molecule has 1 saturated heterocycles. The summed E-state index contributed by atoms with van der Waals surface area (Å²) < 4.78 is 1.66. The maximum Gasteiger partial charge on any atom is 0.311 e. The number of carboxylic acids is 1. The van der Waals surface area contributed by atoms with Crippen molar-refractivity contribution in [1.82, 2.24) is 14.7 Å². The van der Waals surface area contributed by atoms with Crippen LogP contribution in [0.25, 0.3) is 10.9 Å². The van der Waals surface area contributed by atoms with Gasteiger partial charge >= 0.3 is 5.97 Å². The molecule has 1 aliphatic heterocycles. The lowest BCUT2D eigenvalue weighted by Gasteiger charge is -2.20. The minimum atomic E-state index is -0.845. The molecule has 0 spiro atoms. The number of aliphatic carboxylic acids is 1. The molecule has 1 N–H and O–H groups in total. The molecule has 1 fully saturated rings. The molecular formula is C15H17N3O3. The quantitative estimate of drug-likeness (QED) is 0.925. The molecule has 1 amide bonds. The topological polar surface area (TPSA) is 75.4 Å². The number of para-hydroxylation sites is 1. The van der Waals surface area contributed by atoms with Gasteiger partial charge in [-0.25, -0.2) is 0 Å². The normalized spacial score (nSPS) is 21.9. The van der Waals surface area contributed by atoms with Crippen molar-refractivity contribution in [3.05, 3.63) is 30.5 Å². The first kappa shape index (κ1) is 13.6. The standard InChI is InChI=1S/C15H17N3O3/c1-15(14(20)21)6-7-17(10-15)13(19)9-18-12-5-3-2-4-11(12)8-16-18/h2-5,8H,6-7,9-10H2,1H3,(H,20,21)/t15-/m0/s1. The number of benzene rings is 1. The van der Waals surface area contributed by atoms with Gasteiger partial charge in [0.1, 0.15) is 6.54 Å². The summed E-state index contributed by atoms with van der Waals surface area (Å²) in [6.45, 7) is 2.58. The number of amides is 1. The van der Waals surface area contributed by atoms with Crippen LogP contribution >= 0.6 is 0 Å². The highest BCUT2D eigenvalue weighted by Gasteiger charge is 2.42. The first-order valence-electron chi connectivity index (χ1n) is 6.91. The molecule has 1 aromatic carbocycles. The van der Waals surface area contributed by atoms with Crippen molar-refractivity contribution < 1.29 is 14.7 Å². The number of carbonyl (C=O) groups is 2. The number of aromatic nitrogens is 2. The first-order valence-corrected chi connectivity index (χ1v) is 6.91. The predicted molar refractivity (Wildman–Crippen MR) is 76.7 cm³/mol. The van der Waals surface area contributed by atoms with Crippen molar-refractivity contribution in [2.75, 3.05) is 13.1 Å². The van der Waals surface area contributed by atoms with Crippen LogP contribution in [-0.2, 0) is 16.1 Å². The van der Waals surface area contributed by atoms with Crippen LogP contribution in [0, 0.1) is 5.41 Å². The third kappa shape index (κ3) is 2.37. The molecule has 6 nitrogen and oxygen atoms in total. The zero-order chi connectivity index (χ0) is 15.0. The highest BCUT2D eigenvalue weighted by atomic mass is 16.4. The Morgan fingerprint density at radius 2 is 2.14 bits per heavy atom. The van der Waals surface area contributed by atoms with Crippen LogP contribution in [0.2, 0.25) is 0 Å². The highest BCUT2D eigenvalue weighted by molar-refractivity contribution is 5.83. The van der Waals surface area contributed by atoms with Crippen LogP contribution in [0.5, 0.6) is 0 Å². The average Bonchev–Trinajstić information content (AvgIpc) is 3.05. The van der Waals surface area contributed by atoms with Crippen LogP contribution in [-0.4, -0.2) is 44.8 Å². The van der Waals surface area contributed by atoms with E-state index in [1.165, 1.54) is 0 Å². The maximum absolute atomic E-state index is 12.3. The Kier molecular flexibility index (Phi) is 3.16. The number of rotatable bonds is 3. The second-order valence-electron chi connectivity index (χ2n) is 5.79. The third-order valence-electron chi connectivity index (χ3n) is 4.18. The fourth-order valence-corrected chi connectivity index (χ4v) is 2.73. The number of likely N-dealkylation sites (tertiary alicyclic amines) is 1. The summed E-state index contributed by atoms with van der Waals surface area (Å²) in [6, 6.07) is 7.69. The Labute approximate surface area is 122 Å². The van der Waals surface area contributed by atoms with Gasteiger partial charge in [-0.2, -0.15) is 5.10 Å². The van der Waals surface area contributed by atoms with E-state index in [4.69, 9.17) is 0 Å². The van der Waals surface area contributed by atoms with Gasteiger partial charge < -0.3 is 10.0 Å². The molecule has 0 unspecified atom stereocenters. The van der Waals surface area contributed by atoms with Crippen LogP contribution in [0.3, 0.4) is 0 Å². The van der Waals surface area contributed by atoms with E-state index in [9.17, 15) is 14.7 Å². The monoisotopic (exact) mass is 287 g/mol. The first-order chi connectivity index (χ1) is 9.99. The van der Waals surface area contributed by atoms with Crippen LogP contribution < -0.4 is 0 Å². The summed E-state index contributed by atoms with van der Waals surface area (Å²) in [5, 5.41) is 14.4. The second kappa shape index (κ2) is 4.87. The molecule has 110 valence electrons. The molecular weight excluding hydrogens is 270 g/mol. The Morgan fingerprint density at radius 3 is 2.86 bits per heavy atom. The van der Waals surface area contributed by atoms with Crippen LogP contribution in [0.15, 0.2) is 30.5 Å². The maximum atomic E-state index is 12.3. The summed E-state index contributed by atoms with van der Waals surface area (Å²) in [6.07, 6.45) is 2.22. The van der Waals surface area contributed by atoms with Gasteiger partial charge in [0.25, 0.3) is 0 Å². The molecule has 6 heteroatoms. The van der Waals surface area contributed by atoms with Gasteiger partial charge in [-0.1, -0.05) is 18.2 Å². The fourth-order valence-electron chi connectivity index (χ4n) is 2.73. The van der Waals surface area contributed by atoms with Crippen molar-refractivity contribution in [3.63, 3.8) is 0 Å². The number of hydrogen-bond acceptors (Lipinski definition) is 3. The van der Waals surface area contributed by atoms with Gasteiger partial charge in [-0.15, -0.1) is 0 Å². The number of carbonyl (C=O) groups excluding carboxylic acids is 1. The molecule has 3 rings (SSSR count). The van der Waals surface area contributed by atoms with Crippen molar-refractivity contribution in [2.24, 2.45) is 5.41 Å². The predicted octanol–water partition coefficient (Wildman–Crippen LogP) is 1.36. The van der Waals surface area contributed by atoms with Gasteiger partial charge in [0, 0.05) is 18.5 Å². The lowest BCUT2D eigenvalue weighted by atomic mass is 9.90. The zero-order valence-corrected chi connectivity index (χ0v) is 11.8. The van der Waals surface area contributed by atoms with Gasteiger partial charge in [0.15, 0.2) is 0 Å². The van der Waals surface area contributed by atoms with Gasteiger partial charge in [-0.05, 0) is 19.4 Å². The average molecular weight is 287 g/mol. The van der Waals surface area contributed by atoms with Crippen molar-refractivity contribution >= 4 is 22.8 Å². The second-order valence-corrected chi connectivity index (χ2v) is 5.79. The SMILES string of the molecule is C[C@]1(C(=O)O)CCN(C(=O)Cn2ncc3ccccc32)C1. The van der Waals surface area contributed by atoms with E-state index in [-0.39, 0.29) is 19.0 Å². The lowest BCUT2D eigenvalue weighted by molar-refractivity contribution is -0.147. The Morgan fingerprint density at radius 1 is 1.38 bits per heavy atom. The number of fused-ring (bicyclic) bond motifs is 1. The molecule has 2 aromatic rings. The number of nitrogens with zero attached hydrogens (tertiary/aromatic N) is 3. The van der Waals surface area contributed by atoms with E-state index >= 15 is 0 Å². The summed E-state index contributed by atoms with van der Waals surface area (Å²) in [5.74, 6) is -0.934. The van der Waals surface area contributed by atoms with Crippen molar-refractivity contribution in [3.8, 4) is 0 Å². The highest BCUT2D eigenvalue weighted by Crippen LogP contribution is 2.30. The van der Waals surface area contributed by atoms with E-state index in [0.29, 0.717) is 13.0 Å². The number of carboxylic acid groups (broad SMARTS) is 1. The summed E-state index contributed by atoms with van der Waals surface area (Å²) in [4.78, 5) is 25.2. The Hall–Kier alpha value is -2.37. The molecule has 1 atom stereocenters. The van der Waals surface area contributed by atoms with Crippen LogP contribution in [0.1, 0.15) is 13.3 Å². The fraction of sp³-hybridized carbons (Fsp3) is 0.400. The summed E-state index contributed by atoms with van der Waals surface area (Å²) >= 11 is 0. The summed E-state index contributed by atoms with van der Waals surface area (Å²) in [7, 11) is 0. The van der Waals surface area contributed by atoms with Crippen molar-refractivity contribution in [2.45, 2.75) is 19.9 Å². The van der Waals surface area contributed by atoms with Gasteiger partial charge in [0.05, 0.1) is 17.1 Å². The number of hydrogen-bond donors (Lipinski definition) is 1. The van der Waals surface area contributed by atoms with E-state index in [1.807, 2.05) is 24.3 Å². The summed E-state index contributed by atoms with van der Waals surface area (Å²) in [5.41, 5.74) is 0.0769. The molecule has 21 heavy (non-hydrogen) atoms. The van der Waals surface area contributed by atoms with Crippen LogP contribution in [0.4, 0.5) is 0 Å². The van der Waals surface area contributed by atoms with Crippen molar-refractivity contribution in [1.29, 1.82) is 0 Å². The lowest BCUT2D eigenvalue weighted by Crippen LogP contribution is -2.36. The van der Waals surface area contributed by atoms with Gasteiger partial charge in [0.2, 0.25) is 5.91 Å².